The van der Waals surface area contributed by atoms with Crippen LogP contribution in [0.4, 0.5) is 0 Å². The first-order valence-electron chi connectivity index (χ1n) is 6.78. The largest absolute Gasteiger partial charge is 0.330 e. The van der Waals surface area contributed by atoms with Crippen LogP contribution < -0.4 is 5.73 Å². The van der Waals surface area contributed by atoms with Crippen molar-refractivity contribution in [2.75, 3.05) is 6.54 Å². The quantitative estimate of drug-likeness (QED) is 0.821. The van der Waals surface area contributed by atoms with Crippen LogP contribution in [0, 0.1) is 18.3 Å². The molecule has 0 bridgehead atoms. The van der Waals surface area contributed by atoms with E-state index in [1.54, 1.807) is 0 Å². The van der Waals surface area contributed by atoms with E-state index in [9.17, 15) is 0 Å². The number of aryl methyl sites for hydroxylation is 1. The molecule has 0 heterocycles. The van der Waals surface area contributed by atoms with Crippen LogP contribution in [0.1, 0.15) is 50.2 Å². The van der Waals surface area contributed by atoms with Gasteiger partial charge in [0.2, 0.25) is 0 Å². The van der Waals surface area contributed by atoms with Gasteiger partial charge in [-0.2, -0.15) is 0 Å². The normalized spacial score (nSPS) is 28.0. The molecule has 1 saturated carbocycles. The molecule has 0 radical (unpaired) electrons. The molecule has 2 atom stereocenters. The summed E-state index contributed by atoms with van der Waals surface area (Å²) in [6, 6.07) is 9.04. The van der Waals surface area contributed by atoms with E-state index in [0.29, 0.717) is 17.3 Å². The Morgan fingerprint density at radius 1 is 1.24 bits per heavy atom. The van der Waals surface area contributed by atoms with E-state index in [-0.39, 0.29) is 0 Å². The Balaban J connectivity index is 2.23. The van der Waals surface area contributed by atoms with Gasteiger partial charge in [0.05, 0.1) is 0 Å². The number of hydrogen-bond acceptors (Lipinski definition) is 1. The minimum atomic E-state index is 0.473. The third kappa shape index (κ3) is 2.90. The number of nitrogens with two attached hydrogens (primary N) is 1. The zero-order valence-corrected chi connectivity index (χ0v) is 11.4. The molecular weight excluding hydrogens is 206 g/mol. The van der Waals surface area contributed by atoms with Crippen LogP contribution in [0.2, 0.25) is 0 Å². The first-order chi connectivity index (χ1) is 8.02. The lowest BCUT2D eigenvalue weighted by atomic mass is 9.65. The first-order valence-corrected chi connectivity index (χ1v) is 6.78. The van der Waals surface area contributed by atoms with Gasteiger partial charge in [-0.3, -0.25) is 0 Å². The zero-order valence-electron chi connectivity index (χ0n) is 11.4. The summed E-state index contributed by atoms with van der Waals surface area (Å²) in [5, 5.41) is 0. The monoisotopic (exact) mass is 231 g/mol. The van der Waals surface area contributed by atoms with Gasteiger partial charge in [-0.05, 0) is 55.5 Å². The first kappa shape index (κ1) is 12.6. The second-order valence-electron chi connectivity index (χ2n) is 6.42. The van der Waals surface area contributed by atoms with Crippen molar-refractivity contribution in [3.8, 4) is 0 Å². The summed E-state index contributed by atoms with van der Waals surface area (Å²) in [7, 11) is 0. The Morgan fingerprint density at radius 2 is 1.88 bits per heavy atom. The summed E-state index contributed by atoms with van der Waals surface area (Å²) in [5.41, 5.74) is 9.25. The van der Waals surface area contributed by atoms with Crippen LogP contribution in [0.3, 0.4) is 0 Å². The van der Waals surface area contributed by atoms with Crippen LogP contribution in [0.25, 0.3) is 0 Å². The summed E-state index contributed by atoms with van der Waals surface area (Å²) in [6.07, 6.45) is 3.87. The maximum Gasteiger partial charge on any atom is -0.00430 e. The fraction of sp³-hybridized carbons (Fsp3) is 0.625. The van der Waals surface area contributed by atoms with Crippen LogP contribution >= 0.6 is 0 Å². The zero-order chi connectivity index (χ0) is 12.5. The highest BCUT2D eigenvalue weighted by atomic mass is 14.6. The van der Waals surface area contributed by atoms with E-state index in [0.717, 1.165) is 6.54 Å². The molecule has 0 spiro atoms. The van der Waals surface area contributed by atoms with Crippen LogP contribution in [0.5, 0.6) is 0 Å². The van der Waals surface area contributed by atoms with Crippen molar-refractivity contribution in [3.63, 3.8) is 0 Å². The summed E-state index contributed by atoms with van der Waals surface area (Å²) in [6.45, 7) is 7.76. The second-order valence-corrected chi connectivity index (χ2v) is 6.42. The van der Waals surface area contributed by atoms with E-state index in [1.165, 1.54) is 30.4 Å². The number of benzene rings is 1. The average Bonchev–Trinajstić information content (AvgIpc) is 2.29. The molecule has 0 saturated heterocycles. The number of hydrogen-bond donors (Lipinski definition) is 1. The predicted molar refractivity (Wildman–Crippen MR) is 74.1 cm³/mol. The summed E-state index contributed by atoms with van der Waals surface area (Å²) in [4.78, 5) is 0. The Labute approximate surface area is 105 Å². The molecule has 0 aliphatic heterocycles. The molecule has 2 rings (SSSR count). The van der Waals surface area contributed by atoms with Crippen LogP contribution in [0.15, 0.2) is 24.3 Å². The summed E-state index contributed by atoms with van der Waals surface area (Å²) < 4.78 is 0. The molecule has 1 aliphatic carbocycles. The van der Waals surface area contributed by atoms with Crippen LogP contribution in [-0.4, -0.2) is 6.54 Å². The van der Waals surface area contributed by atoms with Crippen molar-refractivity contribution in [3.05, 3.63) is 35.4 Å². The minimum Gasteiger partial charge on any atom is -0.330 e. The molecule has 1 aromatic carbocycles. The van der Waals surface area contributed by atoms with Gasteiger partial charge in [0.25, 0.3) is 0 Å². The van der Waals surface area contributed by atoms with Crippen molar-refractivity contribution in [1.82, 2.24) is 0 Å². The van der Waals surface area contributed by atoms with Crippen molar-refractivity contribution in [2.24, 2.45) is 17.1 Å². The Bertz CT molecular complexity index is 364. The molecule has 1 aliphatic rings. The highest BCUT2D eigenvalue weighted by Gasteiger charge is 2.34. The highest BCUT2D eigenvalue weighted by Crippen LogP contribution is 2.46. The van der Waals surface area contributed by atoms with Gasteiger partial charge in [0.15, 0.2) is 0 Å². The smallest absolute Gasteiger partial charge is 0.00430 e. The second kappa shape index (κ2) is 4.81. The Hall–Kier alpha value is -0.820. The summed E-state index contributed by atoms with van der Waals surface area (Å²) in [5.74, 6) is 1.33. The van der Waals surface area contributed by atoms with E-state index >= 15 is 0 Å². The fourth-order valence-corrected chi connectivity index (χ4v) is 3.13. The van der Waals surface area contributed by atoms with Crippen molar-refractivity contribution < 1.29 is 0 Å². The van der Waals surface area contributed by atoms with Crippen molar-refractivity contribution in [2.45, 2.75) is 46.0 Å². The minimum absolute atomic E-state index is 0.473. The molecule has 94 valence electrons. The Kier molecular flexibility index (Phi) is 3.58. The van der Waals surface area contributed by atoms with Crippen LogP contribution in [-0.2, 0) is 0 Å². The third-order valence-corrected chi connectivity index (χ3v) is 4.34. The van der Waals surface area contributed by atoms with Crippen molar-refractivity contribution in [1.29, 1.82) is 0 Å². The molecule has 1 fully saturated rings. The van der Waals surface area contributed by atoms with Gasteiger partial charge >= 0.3 is 0 Å². The van der Waals surface area contributed by atoms with E-state index in [2.05, 4.69) is 45.0 Å². The van der Waals surface area contributed by atoms with E-state index in [1.807, 2.05) is 0 Å². The Morgan fingerprint density at radius 3 is 2.47 bits per heavy atom. The predicted octanol–water partition coefficient (Wildman–Crippen LogP) is 3.86. The third-order valence-electron chi connectivity index (χ3n) is 4.34. The molecule has 1 aromatic rings. The van der Waals surface area contributed by atoms with Gasteiger partial charge in [-0.25, -0.2) is 0 Å². The van der Waals surface area contributed by atoms with E-state index < -0.39 is 0 Å². The van der Waals surface area contributed by atoms with Gasteiger partial charge in [-0.15, -0.1) is 0 Å². The van der Waals surface area contributed by atoms with E-state index in [4.69, 9.17) is 5.73 Å². The molecule has 0 amide bonds. The lowest BCUT2D eigenvalue weighted by Gasteiger charge is -2.40. The highest BCUT2D eigenvalue weighted by molar-refractivity contribution is 5.26. The average molecular weight is 231 g/mol. The van der Waals surface area contributed by atoms with Gasteiger partial charge in [0.1, 0.15) is 0 Å². The topological polar surface area (TPSA) is 26.0 Å². The lowest BCUT2D eigenvalue weighted by molar-refractivity contribution is 0.165. The fourth-order valence-electron chi connectivity index (χ4n) is 3.13. The molecular formula is C16H25N. The summed E-state index contributed by atoms with van der Waals surface area (Å²) >= 11 is 0. The molecule has 17 heavy (non-hydrogen) atoms. The van der Waals surface area contributed by atoms with Crippen molar-refractivity contribution >= 4 is 0 Å². The molecule has 2 N–H and O–H groups in total. The van der Waals surface area contributed by atoms with Gasteiger partial charge in [0, 0.05) is 0 Å². The molecule has 1 heteroatoms. The van der Waals surface area contributed by atoms with Gasteiger partial charge < -0.3 is 5.73 Å². The lowest BCUT2D eigenvalue weighted by Crippen LogP contribution is -2.32. The SMILES string of the molecule is Cc1ccc(C2CC(C)(C)CCC2CN)cc1. The molecule has 1 nitrogen and oxygen atoms in total. The van der Waals surface area contributed by atoms with Gasteiger partial charge in [-0.1, -0.05) is 43.7 Å². The molecule has 0 aromatic heterocycles. The molecule has 2 unspecified atom stereocenters. The standard InChI is InChI=1S/C16H25N/c1-12-4-6-13(7-5-12)15-10-16(2,3)9-8-14(15)11-17/h4-7,14-15H,8-11,17H2,1-3H3. The maximum absolute atomic E-state index is 5.95. The number of rotatable bonds is 2. The maximum atomic E-state index is 5.95.